The van der Waals surface area contributed by atoms with E-state index in [0.29, 0.717) is 11.6 Å². The first-order chi connectivity index (χ1) is 66.2. The van der Waals surface area contributed by atoms with E-state index in [1.54, 1.807) is 22.7 Å². The SMILES string of the molecule is CC1(C)c2[c-]c(ccc2)-c2cn(-c3ccccc3)c(n2)C(C)(C)c2[c-]c(ccc2)-c2cn(-c3ccccc3)c1n2.CC1(C)c2[c-]c(ccc2)-c2nc(n(-c3ccccc3)n2)C(C)(C)c2[c-]c(ccc2)-c2nc1n(-c1ccccc1)n2.CC1(C)c2[c-]c(cnc2)-c2csc(n2)C(C)(C)c2[c-]c(cnc2)-c2csc1n2.Cn1cc2nc1C(C)(C)c1[c-]c(ccc1)-c1cn(C)c(n1)C(C)(C)c1[c-]c-2ccc1.[Pt+2].[Pt+2].[Pt+2].[Pt+2]. The Bertz CT molecular complexity index is 7280. The van der Waals surface area contributed by atoms with Gasteiger partial charge in [0.05, 0.1) is 33.0 Å². The van der Waals surface area contributed by atoms with Gasteiger partial charge in [0.2, 0.25) is 0 Å². The van der Waals surface area contributed by atoms with Gasteiger partial charge in [0.1, 0.15) is 34.9 Å². The Morgan fingerprint density at radius 2 is 0.486 bits per heavy atom. The Labute approximate surface area is 896 Å². The van der Waals surface area contributed by atoms with E-state index < -0.39 is 21.7 Å². The van der Waals surface area contributed by atoms with E-state index in [-0.39, 0.29) is 106 Å². The van der Waals surface area contributed by atoms with E-state index in [1.165, 1.54) is 0 Å². The number of imidazole rings is 4. The van der Waals surface area contributed by atoms with Crippen LogP contribution in [-0.4, -0.2) is 87.7 Å². The van der Waals surface area contributed by atoms with Crippen LogP contribution in [0.15, 0.2) is 291 Å². The molecule has 0 amide bonds. The van der Waals surface area contributed by atoms with Crippen molar-refractivity contribution in [2.75, 3.05) is 0 Å². The minimum absolute atomic E-state index is 0. The summed E-state index contributed by atoms with van der Waals surface area (Å²) in [5.41, 5.74) is 22.1. The molecule has 0 aliphatic carbocycles. The van der Waals surface area contributed by atoms with Gasteiger partial charge < -0.3 is 28.2 Å². The first-order valence-corrected chi connectivity index (χ1v) is 48.3. The molecule has 0 radical (unpaired) electrons. The van der Waals surface area contributed by atoms with Crippen LogP contribution >= 0.6 is 22.7 Å². The van der Waals surface area contributed by atoms with E-state index in [9.17, 15) is 0 Å². The number of benzene rings is 10. The molecule has 4 aliphatic heterocycles. The molecular weight excluding hydrogens is 2510 g/mol. The van der Waals surface area contributed by atoms with Gasteiger partial charge in [-0.2, -0.15) is 10.2 Å². The number of hydrogen-bond acceptors (Lipinski definition) is 14. The molecule has 0 N–H and O–H groups in total. The predicted octanol–water partition coefficient (Wildman–Crippen LogP) is 25.0. The van der Waals surface area contributed by atoms with Gasteiger partial charge in [-0.25, -0.2) is 9.36 Å². The third-order valence-corrected chi connectivity index (χ3v) is 29.9. The zero-order valence-corrected chi connectivity index (χ0v) is 92.6. The number of aromatic nitrogens is 18. The molecule has 10 aromatic carbocycles. The standard InChI is InChI=1S/C36H30N4.C34H28N6.C26H26N4.C22H18N4S2.4Pt/c1-35(2)27-15-11-13-25(21-27)32-24-40(30-19-9-6-10-20-30)34(38-32)36(3,4)28-16-12-14-26(22-28)31-23-39(33(35)37-31)29-17-7-5-8-18-29;1-33(2)25-15-11-13-23(21-25)30-36-32(40(38-30)28-19-9-6-10-20-28)34(3,4)26-16-12-14-24(22-26)29-35-31(33)39(37-29)27-17-7-5-8-18-27;1-25(2)19-11-7-9-17(13-19)22-16-30(6)24(28-22)26(3,4)20-12-8-10-18(14-20)21-15-29(5)23(25)27-21;1-21(2)15-5-13(7-23-9-15)18-12-28-20(26-18)22(3,4)16-6-14(8-24-10-16)17-11-27-19(21)25-17;;;;/h5-20,23-24H,1-4H3;5-20H,1-4H3;7-12,15-16H,1-6H3;7-12H,1-4H3;;;;/q4*-2;4*+2. The normalized spacial score (nSPS) is 15.1. The average Bonchev–Trinajstić information content (AvgIpc) is 1.58. The summed E-state index contributed by atoms with van der Waals surface area (Å²) in [6, 6.07) is 108. The Morgan fingerprint density at radius 3 is 0.803 bits per heavy atom. The van der Waals surface area contributed by atoms with Crippen molar-refractivity contribution < 1.29 is 84.3 Å². The second-order valence-corrected chi connectivity index (χ2v) is 41.8. The number of fused-ring (bicyclic) bond motifs is 40. The summed E-state index contributed by atoms with van der Waals surface area (Å²) in [5, 5.41) is 16.3. The molecule has 0 unspecified atom stereocenters. The minimum atomic E-state index is -0.525. The van der Waals surface area contributed by atoms with E-state index in [0.717, 1.165) is 191 Å². The summed E-state index contributed by atoms with van der Waals surface area (Å²) >= 11 is 3.30. The van der Waals surface area contributed by atoms with Crippen molar-refractivity contribution in [3.05, 3.63) is 429 Å². The van der Waals surface area contributed by atoms with Crippen molar-refractivity contribution >= 4 is 22.7 Å². The Hall–Kier alpha value is -12.4. The zero-order chi connectivity index (χ0) is 95.7. The molecule has 24 rings (SSSR count). The molecule has 14 heterocycles. The molecule has 142 heavy (non-hydrogen) atoms. The monoisotopic (exact) mass is 2610 g/mol. The van der Waals surface area contributed by atoms with Crippen LogP contribution in [-0.2, 0) is 142 Å². The van der Waals surface area contributed by atoms with E-state index in [4.69, 9.17) is 50.1 Å². The number of rotatable bonds is 4. The third kappa shape index (κ3) is 18.4. The van der Waals surface area contributed by atoms with Gasteiger partial charge in [-0.3, -0.25) is 39.9 Å². The molecule has 716 valence electrons. The van der Waals surface area contributed by atoms with Crippen molar-refractivity contribution in [2.24, 2.45) is 14.1 Å². The zero-order valence-electron chi connectivity index (χ0n) is 81.8. The molecule has 24 heteroatoms. The van der Waals surface area contributed by atoms with Gasteiger partial charge in [-0.1, -0.05) is 208 Å². The maximum Gasteiger partial charge on any atom is 2.00 e. The smallest absolute Gasteiger partial charge is 0.360 e. The van der Waals surface area contributed by atoms with Crippen LogP contribution < -0.4 is 0 Å². The topological polar surface area (TPSA) is 184 Å². The predicted molar refractivity (Wildman–Crippen MR) is 547 cm³/mol. The number of thiazole rings is 2. The van der Waals surface area contributed by atoms with E-state index in [1.807, 2.05) is 107 Å². The Morgan fingerprint density at radius 1 is 0.225 bits per heavy atom. The fourth-order valence-electron chi connectivity index (χ4n) is 18.9. The molecule has 20 aromatic rings. The largest absolute Gasteiger partial charge is 2.00 e. The van der Waals surface area contributed by atoms with Crippen LogP contribution in [0.5, 0.6) is 0 Å². The van der Waals surface area contributed by atoms with Gasteiger partial charge in [0.25, 0.3) is 0 Å². The number of hydrogen-bond donors (Lipinski definition) is 0. The summed E-state index contributed by atoms with van der Waals surface area (Å²) in [7, 11) is 4.13. The average molecular weight is 2620 g/mol. The molecule has 0 saturated carbocycles. The summed E-state index contributed by atoms with van der Waals surface area (Å²) in [4.78, 5) is 49.8. The number of para-hydroxylation sites is 4. The van der Waals surface area contributed by atoms with Gasteiger partial charge in [0.15, 0.2) is 0 Å². The molecule has 0 spiro atoms. The van der Waals surface area contributed by atoms with Crippen molar-refractivity contribution in [2.45, 2.75) is 154 Å². The molecule has 18 nitrogen and oxygen atoms in total. The number of aryl methyl sites for hydroxylation is 2. The fourth-order valence-corrected chi connectivity index (χ4v) is 20.8. The first kappa shape index (κ1) is 101. The van der Waals surface area contributed by atoms with Crippen LogP contribution in [0.4, 0.5) is 0 Å². The van der Waals surface area contributed by atoms with Crippen LogP contribution in [0.2, 0.25) is 0 Å². The van der Waals surface area contributed by atoms with Crippen molar-refractivity contribution in [1.29, 1.82) is 0 Å². The van der Waals surface area contributed by atoms with Crippen LogP contribution in [0.25, 0.3) is 113 Å². The van der Waals surface area contributed by atoms with Crippen molar-refractivity contribution in [1.82, 2.24) is 87.7 Å². The number of nitrogens with zero attached hydrogens (tertiary/aromatic N) is 18. The molecule has 0 saturated heterocycles. The molecule has 10 aromatic heterocycles. The van der Waals surface area contributed by atoms with Gasteiger partial charge in [0, 0.05) is 103 Å². The molecule has 0 atom stereocenters. The molecule has 4 aliphatic rings. The maximum atomic E-state index is 5.27. The second-order valence-electron chi connectivity index (χ2n) is 40.1. The van der Waals surface area contributed by atoms with Gasteiger partial charge in [-0.15, -0.1) is 269 Å². The van der Waals surface area contributed by atoms with Crippen LogP contribution in [0.1, 0.15) is 200 Å². The summed E-state index contributed by atoms with van der Waals surface area (Å²) in [6.45, 7) is 35.0. The molecule has 32 bridgehead atoms. The quantitative estimate of drug-likeness (QED) is 0.152. The number of pyridine rings is 2. The summed E-state index contributed by atoms with van der Waals surface area (Å²) in [5.74, 6) is 6.80. The minimum Gasteiger partial charge on any atom is -0.360 e. The van der Waals surface area contributed by atoms with Gasteiger partial charge in [-0.05, 0) is 84.1 Å². The third-order valence-electron chi connectivity index (χ3n) is 27.5. The van der Waals surface area contributed by atoms with Crippen molar-refractivity contribution in [3.63, 3.8) is 0 Å². The molecular formula is C118H102N18Pt4S2. The molecule has 0 fully saturated rings. The van der Waals surface area contributed by atoms with Crippen LogP contribution in [0.3, 0.4) is 0 Å². The Balaban J connectivity index is 0.000000130. The van der Waals surface area contributed by atoms with Gasteiger partial charge >= 0.3 is 84.3 Å². The van der Waals surface area contributed by atoms with E-state index in [2.05, 4.69) is 395 Å². The summed E-state index contributed by atoms with van der Waals surface area (Å²) < 4.78 is 12.6. The van der Waals surface area contributed by atoms with E-state index >= 15 is 0 Å². The van der Waals surface area contributed by atoms with Crippen LogP contribution in [0, 0.1) is 48.5 Å². The fraction of sp³-hybridized carbons (Fsp3) is 0.220. The Kier molecular flexibility index (Phi) is 27.8. The first-order valence-electron chi connectivity index (χ1n) is 46.5. The second kappa shape index (κ2) is 39.1. The maximum absolute atomic E-state index is 5.27. The van der Waals surface area contributed by atoms with Crippen molar-refractivity contribution in [3.8, 4) is 113 Å². The summed E-state index contributed by atoms with van der Waals surface area (Å²) in [6.07, 6.45) is 15.9.